The number of nitrogens with one attached hydrogen (secondary N) is 1. The molecule has 27 heavy (non-hydrogen) atoms. The molecule has 3 aromatic rings. The summed E-state index contributed by atoms with van der Waals surface area (Å²) in [6, 6.07) is 8.41. The van der Waals surface area contributed by atoms with Crippen molar-refractivity contribution in [2.24, 2.45) is 0 Å². The predicted octanol–water partition coefficient (Wildman–Crippen LogP) is 2.71. The first-order valence-corrected chi connectivity index (χ1v) is 7.39. The van der Waals surface area contributed by atoms with Crippen molar-refractivity contribution in [3.8, 4) is 17.2 Å². The Morgan fingerprint density at radius 2 is 1.93 bits per heavy atom. The van der Waals surface area contributed by atoms with Gasteiger partial charge in [0.15, 0.2) is 0 Å². The summed E-state index contributed by atoms with van der Waals surface area (Å²) in [4.78, 5) is 16.0. The Kier molecular flexibility index (Phi) is 4.59. The number of carbonyl (C=O) groups is 1. The highest BCUT2D eigenvalue weighted by molar-refractivity contribution is 6.06. The highest BCUT2D eigenvalue weighted by atomic mass is 19.4. The highest BCUT2D eigenvalue weighted by Gasteiger charge is 2.31. The summed E-state index contributed by atoms with van der Waals surface area (Å²) in [6.07, 6.45) is -2.82. The minimum Gasteiger partial charge on any atom is -0.506 e. The SMILES string of the molecule is Nc1c(C(=O)Nc2ccc(OC(F)(F)F)cn2)cnn1-c1ccccc1O. The number of rotatable bonds is 4. The smallest absolute Gasteiger partial charge is 0.506 e. The van der Waals surface area contributed by atoms with Gasteiger partial charge in [-0.2, -0.15) is 5.10 Å². The fourth-order valence-corrected chi connectivity index (χ4v) is 2.20. The van der Waals surface area contributed by atoms with Gasteiger partial charge in [-0.3, -0.25) is 4.79 Å². The van der Waals surface area contributed by atoms with Crippen molar-refractivity contribution in [2.75, 3.05) is 11.1 Å². The third kappa shape index (κ3) is 4.08. The number of ether oxygens (including phenoxy) is 1. The number of alkyl halides is 3. The number of pyridine rings is 1. The van der Waals surface area contributed by atoms with Gasteiger partial charge in [-0.15, -0.1) is 13.2 Å². The number of aromatic nitrogens is 3. The molecule has 140 valence electrons. The van der Waals surface area contributed by atoms with E-state index < -0.39 is 18.0 Å². The number of benzene rings is 1. The fourth-order valence-electron chi connectivity index (χ4n) is 2.20. The number of nitrogen functional groups attached to an aromatic ring is 1. The largest absolute Gasteiger partial charge is 0.573 e. The van der Waals surface area contributed by atoms with E-state index in [9.17, 15) is 23.1 Å². The molecular weight excluding hydrogens is 367 g/mol. The Morgan fingerprint density at radius 1 is 1.19 bits per heavy atom. The Hall–Kier alpha value is -3.76. The van der Waals surface area contributed by atoms with Crippen LogP contribution in [0.2, 0.25) is 0 Å². The quantitative estimate of drug-likeness (QED) is 0.642. The fraction of sp³-hybridized carbons (Fsp3) is 0.0625. The molecule has 8 nitrogen and oxygen atoms in total. The summed E-state index contributed by atoms with van der Waals surface area (Å²) in [5.74, 6) is -1.32. The Labute approximate surface area is 150 Å². The van der Waals surface area contributed by atoms with Crippen LogP contribution >= 0.6 is 0 Å². The van der Waals surface area contributed by atoms with Gasteiger partial charge >= 0.3 is 6.36 Å². The van der Waals surface area contributed by atoms with Crippen LogP contribution in [0.15, 0.2) is 48.8 Å². The number of phenols is 1. The van der Waals surface area contributed by atoms with E-state index in [4.69, 9.17) is 5.73 Å². The number of nitrogens with two attached hydrogens (primary N) is 1. The van der Waals surface area contributed by atoms with Crippen LogP contribution in [0, 0.1) is 0 Å². The minimum absolute atomic E-state index is 0.00401. The minimum atomic E-state index is -4.83. The lowest BCUT2D eigenvalue weighted by Crippen LogP contribution is -2.18. The van der Waals surface area contributed by atoms with E-state index in [1.54, 1.807) is 18.2 Å². The molecule has 0 spiro atoms. The van der Waals surface area contributed by atoms with Gasteiger partial charge in [0.05, 0.1) is 12.4 Å². The molecule has 0 saturated heterocycles. The van der Waals surface area contributed by atoms with Gasteiger partial charge in [0.2, 0.25) is 0 Å². The van der Waals surface area contributed by atoms with Crippen molar-refractivity contribution in [3.63, 3.8) is 0 Å². The number of phenolic OH excluding ortho intramolecular Hbond substituents is 1. The zero-order valence-electron chi connectivity index (χ0n) is 13.4. The van der Waals surface area contributed by atoms with Crippen molar-refractivity contribution >= 4 is 17.5 Å². The third-order valence-corrected chi connectivity index (χ3v) is 3.37. The number of nitrogens with zero attached hydrogens (tertiary/aromatic N) is 3. The van der Waals surface area contributed by atoms with Gasteiger partial charge in [-0.05, 0) is 24.3 Å². The van der Waals surface area contributed by atoms with Crippen LogP contribution in [0.25, 0.3) is 5.69 Å². The number of aromatic hydroxyl groups is 1. The number of carbonyl (C=O) groups excluding carboxylic acids is 1. The summed E-state index contributed by atoms with van der Waals surface area (Å²) in [5, 5.41) is 16.2. The van der Waals surface area contributed by atoms with Gasteiger partial charge in [-0.25, -0.2) is 9.67 Å². The molecule has 0 bridgehead atoms. The van der Waals surface area contributed by atoms with E-state index >= 15 is 0 Å². The maximum Gasteiger partial charge on any atom is 0.573 e. The van der Waals surface area contributed by atoms with Crippen LogP contribution in [0.4, 0.5) is 24.8 Å². The van der Waals surface area contributed by atoms with Crippen molar-refractivity contribution in [2.45, 2.75) is 6.36 Å². The number of anilines is 2. The molecule has 1 aromatic carbocycles. The van der Waals surface area contributed by atoms with Crippen molar-refractivity contribution < 1.29 is 27.8 Å². The summed E-state index contributed by atoms with van der Waals surface area (Å²) in [6.45, 7) is 0. The van der Waals surface area contributed by atoms with Gasteiger partial charge < -0.3 is 20.9 Å². The molecule has 4 N–H and O–H groups in total. The maximum absolute atomic E-state index is 12.3. The molecule has 2 aromatic heterocycles. The second-order valence-electron chi connectivity index (χ2n) is 5.23. The molecule has 2 heterocycles. The standard InChI is InChI=1S/C16H12F3N5O3/c17-16(18,19)27-9-5-6-13(21-7-9)23-15(26)10-8-22-24(14(10)20)11-3-1-2-4-12(11)25/h1-8,25H,20H2,(H,21,23,26). The summed E-state index contributed by atoms with van der Waals surface area (Å²) >= 11 is 0. The predicted molar refractivity (Wildman–Crippen MR) is 88.5 cm³/mol. The van der Waals surface area contributed by atoms with Crippen molar-refractivity contribution in [3.05, 3.63) is 54.4 Å². The van der Waals surface area contributed by atoms with Gasteiger partial charge in [-0.1, -0.05) is 12.1 Å². The Balaban J connectivity index is 1.77. The van der Waals surface area contributed by atoms with Gasteiger partial charge in [0, 0.05) is 0 Å². The van der Waals surface area contributed by atoms with Crippen LogP contribution in [0.3, 0.4) is 0 Å². The van der Waals surface area contributed by atoms with E-state index in [0.717, 1.165) is 18.3 Å². The first-order valence-electron chi connectivity index (χ1n) is 7.39. The molecule has 0 aliphatic carbocycles. The second-order valence-corrected chi connectivity index (χ2v) is 5.23. The number of amides is 1. The average Bonchev–Trinajstić information content (AvgIpc) is 2.97. The molecule has 0 saturated carbocycles. The summed E-state index contributed by atoms with van der Waals surface area (Å²) in [7, 11) is 0. The molecular formula is C16H12F3N5O3. The van der Waals surface area contributed by atoms with Crippen LogP contribution in [0.1, 0.15) is 10.4 Å². The summed E-state index contributed by atoms with van der Waals surface area (Å²) < 4.78 is 41.3. The number of para-hydroxylation sites is 2. The number of hydrogen-bond acceptors (Lipinski definition) is 6. The first kappa shape index (κ1) is 18.0. The van der Waals surface area contributed by atoms with Gasteiger partial charge in [0.25, 0.3) is 5.91 Å². The zero-order chi connectivity index (χ0) is 19.6. The van der Waals surface area contributed by atoms with E-state index in [2.05, 4.69) is 20.1 Å². The lowest BCUT2D eigenvalue weighted by molar-refractivity contribution is -0.274. The van der Waals surface area contributed by atoms with E-state index in [1.807, 2.05) is 0 Å². The summed E-state index contributed by atoms with van der Waals surface area (Å²) in [5.41, 5.74) is 6.19. The van der Waals surface area contributed by atoms with Crippen LogP contribution in [-0.2, 0) is 0 Å². The number of halogens is 3. The molecule has 11 heteroatoms. The molecule has 0 radical (unpaired) electrons. The van der Waals surface area contributed by atoms with E-state index in [0.29, 0.717) is 0 Å². The van der Waals surface area contributed by atoms with Crippen molar-refractivity contribution in [1.82, 2.24) is 14.8 Å². The highest BCUT2D eigenvalue weighted by Crippen LogP contribution is 2.25. The molecule has 0 unspecified atom stereocenters. The number of hydrogen-bond donors (Lipinski definition) is 3. The topological polar surface area (TPSA) is 115 Å². The first-order chi connectivity index (χ1) is 12.7. The monoisotopic (exact) mass is 379 g/mol. The maximum atomic E-state index is 12.3. The normalized spacial score (nSPS) is 11.2. The van der Waals surface area contributed by atoms with Crippen LogP contribution in [0.5, 0.6) is 11.5 Å². The molecule has 0 fully saturated rings. The molecule has 1 amide bonds. The third-order valence-electron chi connectivity index (χ3n) is 3.37. The molecule has 0 aliphatic heterocycles. The van der Waals surface area contributed by atoms with E-state index in [-0.39, 0.29) is 28.6 Å². The molecule has 0 aliphatic rings. The van der Waals surface area contributed by atoms with Crippen molar-refractivity contribution in [1.29, 1.82) is 0 Å². The Bertz CT molecular complexity index is 970. The van der Waals surface area contributed by atoms with E-state index in [1.165, 1.54) is 16.9 Å². The lowest BCUT2D eigenvalue weighted by Gasteiger charge is -2.09. The molecule has 0 atom stereocenters. The lowest BCUT2D eigenvalue weighted by atomic mass is 10.2. The Morgan fingerprint density at radius 3 is 2.56 bits per heavy atom. The van der Waals surface area contributed by atoms with Gasteiger partial charge in [0.1, 0.15) is 34.4 Å². The zero-order valence-corrected chi connectivity index (χ0v) is 13.4. The average molecular weight is 379 g/mol. The molecule has 3 rings (SSSR count). The van der Waals surface area contributed by atoms with Crippen LogP contribution in [-0.4, -0.2) is 32.1 Å². The second kappa shape index (κ2) is 6.86. The van der Waals surface area contributed by atoms with Crippen LogP contribution < -0.4 is 15.8 Å².